The average Bonchev–Trinajstić information content (AvgIpc) is 2.77. The normalized spacial score (nSPS) is 13.8. The van der Waals surface area contributed by atoms with Crippen LogP contribution in [0.3, 0.4) is 0 Å². The van der Waals surface area contributed by atoms with Crippen LogP contribution in [0.25, 0.3) is 0 Å². The quantitative estimate of drug-likeness (QED) is 0.369. The number of para-hydroxylation sites is 3. The highest BCUT2D eigenvalue weighted by atomic mass is 16.6. The van der Waals surface area contributed by atoms with Gasteiger partial charge in [0.05, 0.1) is 16.3 Å². The molecule has 8 nitrogen and oxygen atoms in total. The molecule has 0 unspecified atom stereocenters. The van der Waals surface area contributed by atoms with Crippen LogP contribution in [0.5, 0.6) is 0 Å². The molecule has 0 N–H and O–H groups in total. The van der Waals surface area contributed by atoms with E-state index in [1.807, 2.05) is 0 Å². The molecule has 25 heavy (non-hydrogen) atoms. The van der Waals surface area contributed by atoms with Crippen LogP contribution in [0.4, 0.5) is 17.1 Å². The number of benzene rings is 2. The van der Waals surface area contributed by atoms with E-state index < -0.39 is 16.7 Å². The lowest BCUT2D eigenvalue weighted by atomic mass is 10.1. The first-order valence-corrected chi connectivity index (χ1v) is 7.46. The summed E-state index contributed by atoms with van der Waals surface area (Å²) in [5.74, 6) is -1.32. The number of carbonyl (C=O) groups excluding carboxylic acids is 3. The zero-order chi connectivity index (χ0) is 18.0. The van der Waals surface area contributed by atoms with E-state index in [-0.39, 0.29) is 29.9 Å². The van der Waals surface area contributed by atoms with Gasteiger partial charge in [0.15, 0.2) is 0 Å². The fraction of sp³-hybridized carbons (Fsp3) is 0.118. The van der Waals surface area contributed by atoms with E-state index in [1.165, 1.54) is 35.2 Å². The standard InChI is InChI=1S/C17H13N3O5/c21-11-18-10-9-16(22)19(15-8-4-3-7-14(15)18)17(23)12-5-1-2-6-13(12)20(24)25/h1-8,11H,9-10H2. The molecule has 126 valence electrons. The Bertz CT molecular complexity index is 880. The zero-order valence-corrected chi connectivity index (χ0v) is 13.0. The number of nitro benzene ring substituents is 1. The van der Waals surface area contributed by atoms with Crippen LogP contribution in [-0.2, 0) is 9.59 Å². The molecular weight excluding hydrogens is 326 g/mol. The second kappa shape index (κ2) is 6.52. The van der Waals surface area contributed by atoms with Gasteiger partial charge in [0, 0.05) is 19.0 Å². The van der Waals surface area contributed by atoms with Crippen molar-refractivity contribution in [1.82, 2.24) is 0 Å². The van der Waals surface area contributed by atoms with E-state index in [0.29, 0.717) is 12.1 Å². The molecule has 8 heteroatoms. The summed E-state index contributed by atoms with van der Waals surface area (Å²) in [6.07, 6.45) is 0.519. The summed E-state index contributed by atoms with van der Waals surface area (Å²) in [4.78, 5) is 49.5. The molecule has 0 fully saturated rings. The third-order valence-corrected chi connectivity index (χ3v) is 3.91. The largest absolute Gasteiger partial charge is 0.312 e. The van der Waals surface area contributed by atoms with Crippen LogP contribution in [0, 0.1) is 10.1 Å². The third-order valence-electron chi connectivity index (χ3n) is 3.91. The molecule has 0 aromatic heterocycles. The summed E-state index contributed by atoms with van der Waals surface area (Å²) >= 11 is 0. The lowest BCUT2D eigenvalue weighted by molar-refractivity contribution is -0.385. The van der Waals surface area contributed by atoms with Crippen molar-refractivity contribution in [3.05, 3.63) is 64.2 Å². The molecule has 1 aliphatic heterocycles. The summed E-state index contributed by atoms with van der Waals surface area (Å²) in [7, 11) is 0. The van der Waals surface area contributed by atoms with Gasteiger partial charge >= 0.3 is 0 Å². The van der Waals surface area contributed by atoms with Crippen molar-refractivity contribution in [2.75, 3.05) is 16.3 Å². The molecule has 1 heterocycles. The van der Waals surface area contributed by atoms with E-state index >= 15 is 0 Å². The molecule has 3 rings (SSSR count). The number of imide groups is 1. The number of rotatable bonds is 3. The van der Waals surface area contributed by atoms with Gasteiger partial charge in [-0.25, -0.2) is 4.90 Å². The van der Waals surface area contributed by atoms with Gasteiger partial charge in [-0.05, 0) is 18.2 Å². The third kappa shape index (κ3) is 2.85. The molecule has 0 saturated heterocycles. The first-order chi connectivity index (χ1) is 12.0. The average molecular weight is 339 g/mol. The lowest BCUT2D eigenvalue weighted by Gasteiger charge is -2.22. The second-order valence-corrected chi connectivity index (χ2v) is 5.35. The Kier molecular flexibility index (Phi) is 4.25. The Morgan fingerprint density at radius 1 is 1.08 bits per heavy atom. The fourth-order valence-electron chi connectivity index (χ4n) is 2.75. The smallest absolute Gasteiger partial charge is 0.282 e. The van der Waals surface area contributed by atoms with Crippen molar-refractivity contribution in [1.29, 1.82) is 0 Å². The highest BCUT2D eigenvalue weighted by Crippen LogP contribution is 2.34. The summed E-state index contributed by atoms with van der Waals surface area (Å²) < 4.78 is 0. The molecule has 0 atom stereocenters. The number of hydrogen-bond acceptors (Lipinski definition) is 5. The van der Waals surface area contributed by atoms with Gasteiger partial charge in [-0.2, -0.15) is 0 Å². The Balaban J connectivity index is 2.15. The molecular formula is C17H13N3O5. The topological polar surface area (TPSA) is 101 Å². The molecule has 0 bridgehead atoms. The Morgan fingerprint density at radius 3 is 2.40 bits per heavy atom. The number of hydrogen-bond donors (Lipinski definition) is 0. The van der Waals surface area contributed by atoms with Crippen LogP contribution in [-0.4, -0.2) is 29.7 Å². The van der Waals surface area contributed by atoms with E-state index in [2.05, 4.69) is 0 Å². The predicted molar refractivity (Wildman–Crippen MR) is 89.4 cm³/mol. The van der Waals surface area contributed by atoms with E-state index in [9.17, 15) is 24.5 Å². The molecule has 2 aromatic rings. The summed E-state index contributed by atoms with van der Waals surface area (Å²) in [5.41, 5.74) is 0.0556. The van der Waals surface area contributed by atoms with E-state index in [1.54, 1.807) is 18.2 Å². The molecule has 0 spiro atoms. The first kappa shape index (κ1) is 16.3. The van der Waals surface area contributed by atoms with Crippen molar-refractivity contribution in [2.24, 2.45) is 0 Å². The first-order valence-electron chi connectivity index (χ1n) is 7.46. The van der Waals surface area contributed by atoms with Crippen molar-refractivity contribution >= 4 is 35.3 Å². The predicted octanol–water partition coefficient (Wildman–Crippen LogP) is 2.13. The van der Waals surface area contributed by atoms with Crippen molar-refractivity contribution < 1.29 is 19.3 Å². The van der Waals surface area contributed by atoms with Gasteiger partial charge < -0.3 is 4.90 Å². The Labute approximate surface area is 142 Å². The van der Waals surface area contributed by atoms with Crippen LogP contribution >= 0.6 is 0 Å². The lowest BCUT2D eigenvalue weighted by Crippen LogP contribution is -2.36. The fourth-order valence-corrected chi connectivity index (χ4v) is 2.75. The van der Waals surface area contributed by atoms with Gasteiger partial charge in [0.2, 0.25) is 12.3 Å². The number of anilines is 2. The van der Waals surface area contributed by atoms with Crippen molar-refractivity contribution in [3.63, 3.8) is 0 Å². The SMILES string of the molecule is O=CN1CCC(=O)N(C(=O)c2ccccc2[N+](=O)[O-])c2ccccc21. The minimum Gasteiger partial charge on any atom is -0.312 e. The maximum atomic E-state index is 12.9. The summed E-state index contributed by atoms with van der Waals surface area (Å²) in [6.45, 7) is 0.125. The minimum absolute atomic E-state index is 0.0697. The van der Waals surface area contributed by atoms with Gasteiger partial charge in [0.25, 0.3) is 11.6 Å². The van der Waals surface area contributed by atoms with E-state index in [4.69, 9.17) is 0 Å². The highest BCUT2D eigenvalue weighted by molar-refractivity contribution is 6.24. The molecule has 3 amide bonds. The van der Waals surface area contributed by atoms with E-state index in [0.717, 1.165) is 4.90 Å². The monoisotopic (exact) mass is 339 g/mol. The summed E-state index contributed by atoms with van der Waals surface area (Å²) in [5, 5.41) is 11.2. The number of carbonyl (C=O) groups is 3. The molecule has 2 aromatic carbocycles. The molecule has 0 aliphatic carbocycles. The maximum Gasteiger partial charge on any atom is 0.282 e. The van der Waals surface area contributed by atoms with Crippen molar-refractivity contribution in [3.8, 4) is 0 Å². The minimum atomic E-state index is -0.794. The zero-order valence-electron chi connectivity index (χ0n) is 13.0. The molecule has 0 radical (unpaired) electrons. The summed E-state index contributed by atoms with van der Waals surface area (Å²) in [6, 6.07) is 11.9. The maximum absolute atomic E-state index is 12.9. The molecule has 1 aliphatic rings. The van der Waals surface area contributed by atoms with Crippen LogP contribution in [0.15, 0.2) is 48.5 Å². The number of fused-ring (bicyclic) bond motifs is 1. The van der Waals surface area contributed by atoms with Crippen LogP contribution in [0.1, 0.15) is 16.8 Å². The molecule has 0 saturated carbocycles. The van der Waals surface area contributed by atoms with Crippen LogP contribution in [0.2, 0.25) is 0 Å². The van der Waals surface area contributed by atoms with Gasteiger partial charge in [-0.15, -0.1) is 0 Å². The number of amides is 3. The van der Waals surface area contributed by atoms with Crippen molar-refractivity contribution in [2.45, 2.75) is 6.42 Å². The van der Waals surface area contributed by atoms with Gasteiger partial charge in [-0.3, -0.25) is 24.5 Å². The number of nitro groups is 1. The van der Waals surface area contributed by atoms with Gasteiger partial charge in [-0.1, -0.05) is 24.3 Å². The van der Waals surface area contributed by atoms with Gasteiger partial charge in [0.1, 0.15) is 5.56 Å². The Hall–Kier alpha value is -3.55. The van der Waals surface area contributed by atoms with Crippen LogP contribution < -0.4 is 9.80 Å². The highest BCUT2D eigenvalue weighted by Gasteiger charge is 2.33. The second-order valence-electron chi connectivity index (χ2n) is 5.35. The number of nitrogens with zero attached hydrogens (tertiary/aromatic N) is 3. The Morgan fingerprint density at radius 2 is 1.72 bits per heavy atom.